The van der Waals surface area contributed by atoms with Crippen LogP contribution in [0.2, 0.25) is 0 Å². The summed E-state index contributed by atoms with van der Waals surface area (Å²) in [5, 5.41) is 4.95. The van der Waals surface area contributed by atoms with Gasteiger partial charge in [-0.3, -0.25) is 10.1 Å². The molecule has 1 amide bonds. The molecule has 2 aromatic carbocycles. The maximum Gasteiger partial charge on any atom is 0.264 e. The number of para-hydroxylation sites is 2. The molecule has 0 atom stereocenters. The fourth-order valence-corrected chi connectivity index (χ4v) is 5.63. The van der Waals surface area contributed by atoms with Crippen molar-refractivity contribution >= 4 is 32.4 Å². The van der Waals surface area contributed by atoms with Crippen LogP contribution in [0.3, 0.4) is 0 Å². The van der Waals surface area contributed by atoms with Crippen LogP contribution in [0.5, 0.6) is 11.5 Å². The summed E-state index contributed by atoms with van der Waals surface area (Å²) in [6.45, 7) is 0.957. The Morgan fingerprint density at radius 3 is 2.47 bits per heavy atom. The average molecular weight is 474 g/mol. The Balaban J connectivity index is 1.37. The van der Waals surface area contributed by atoms with E-state index in [2.05, 4.69) is 10.3 Å². The van der Waals surface area contributed by atoms with E-state index < -0.39 is 10.0 Å². The number of thiazole rings is 1. The number of methoxy groups -OCH3 is 1. The number of anilines is 1. The minimum atomic E-state index is -3.45. The van der Waals surface area contributed by atoms with E-state index in [1.165, 1.54) is 22.8 Å². The fraction of sp³-hybridized carbons (Fsp3) is 0.273. The smallest absolute Gasteiger partial charge is 0.264 e. The normalized spacial score (nSPS) is 14.3. The van der Waals surface area contributed by atoms with E-state index in [-0.39, 0.29) is 17.4 Å². The largest absolute Gasteiger partial charge is 0.493 e. The third-order valence-corrected chi connectivity index (χ3v) is 7.70. The number of rotatable bonds is 8. The number of carbonyl (C=O) groups excluding carboxylic acids is 1. The van der Waals surface area contributed by atoms with Gasteiger partial charge in [0.25, 0.3) is 5.91 Å². The second-order valence-electron chi connectivity index (χ2n) is 7.16. The predicted octanol–water partition coefficient (Wildman–Crippen LogP) is 3.62. The molecule has 8 nitrogen and oxygen atoms in total. The fourth-order valence-electron chi connectivity index (χ4n) is 3.38. The van der Waals surface area contributed by atoms with E-state index in [1.807, 2.05) is 6.07 Å². The summed E-state index contributed by atoms with van der Waals surface area (Å²) in [6.07, 6.45) is 1.79. The first-order chi connectivity index (χ1) is 15.5. The maximum atomic E-state index is 12.7. The highest BCUT2D eigenvalue weighted by Crippen LogP contribution is 2.28. The Labute approximate surface area is 190 Å². The lowest BCUT2D eigenvalue weighted by Crippen LogP contribution is -2.27. The van der Waals surface area contributed by atoms with Crippen LogP contribution in [-0.2, 0) is 14.8 Å². The number of nitrogens with zero attached hydrogens (tertiary/aromatic N) is 2. The van der Waals surface area contributed by atoms with Crippen LogP contribution in [0.25, 0.3) is 11.3 Å². The van der Waals surface area contributed by atoms with Gasteiger partial charge in [0.2, 0.25) is 10.0 Å². The maximum absolute atomic E-state index is 12.7. The molecule has 0 radical (unpaired) electrons. The zero-order valence-electron chi connectivity index (χ0n) is 17.5. The first-order valence-corrected chi connectivity index (χ1v) is 12.4. The summed E-state index contributed by atoms with van der Waals surface area (Å²) in [5.74, 6) is 0.685. The van der Waals surface area contributed by atoms with Crippen molar-refractivity contribution < 1.29 is 22.7 Å². The molecule has 0 bridgehead atoms. The second kappa shape index (κ2) is 9.68. The van der Waals surface area contributed by atoms with Crippen molar-refractivity contribution in [1.82, 2.24) is 9.29 Å². The van der Waals surface area contributed by atoms with Crippen molar-refractivity contribution in [3.05, 3.63) is 53.9 Å². The van der Waals surface area contributed by atoms with Gasteiger partial charge in [-0.2, -0.15) is 4.31 Å². The molecule has 10 heteroatoms. The zero-order valence-corrected chi connectivity index (χ0v) is 19.1. The van der Waals surface area contributed by atoms with Crippen LogP contribution in [0, 0.1) is 0 Å². The van der Waals surface area contributed by atoms with Crippen LogP contribution < -0.4 is 14.8 Å². The Morgan fingerprint density at radius 2 is 1.78 bits per heavy atom. The molecule has 1 aliphatic rings. The van der Waals surface area contributed by atoms with Gasteiger partial charge in [-0.25, -0.2) is 13.4 Å². The number of benzene rings is 2. The lowest BCUT2D eigenvalue weighted by Gasteiger charge is -2.15. The van der Waals surface area contributed by atoms with E-state index in [0.29, 0.717) is 35.4 Å². The summed E-state index contributed by atoms with van der Waals surface area (Å²) in [7, 11) is -1.91. The van der Waals surface area contributed by atoms with Gasteiger partial charge < -0.3 is 9.47 Å². The molecule has 4 rings (SSSR count). The molecule has 32 heavy (non-hydrogen) atoms. The number of carbonyl (C=O) groups is 1. The molecule has 0 saturated carbocycles. The molecule has 1 saturated heterocycles. The highest BCUT2D eigenvalue weighted by Gasteiger charge is 2.27. The van der Waals surface area contributed by atoms with Crippen molar-refractivity contribution in [2.45, 2.75) is 17.7 Å². The van der Waals surface area contributed by atoms with Gasteiger partial charge in [-0.1, -0.05) is 24.3 Å². The number of nitrogens with one attached hydrogen (secondary N) is 1. The van der Waals surface area contributed by atoms with Gasteiger partial charge in [-0.15, -0.1) is 11.3 Å². The number of hydrogen-bond acceptors (Lipinski definition) is 7. The molecular weight excluding hydrogens is 450 g/mol. The van der Waals surface area contributed by atoms with E-state index in [0.717, 1.165) is 18.4 Å². The van der Waals surface area contributed by atoms with Gasteiger partial charge in [0.15, 0.2) is 23.2 Å². The summed E-state index contributed by atoms with van der Waals surface area (Å²) < 4.78 is 37.6. The van der Waals surface area contributed by atoms with Gasteiger partial charge in [-0.05, 0) is 37.1 Å². The van der Waals surface area contributed by atoms with Gasteiger partial charge in [0, 0.05) is 24.0 Å². The first-order valence-electron chi connectivity index (χ1n) is 10.1. The minimum absolute atomic E-state index is 0.182. The molecule has 0 aliphatic carbocycles. The van der Waals surface area contributed by atoms with E-state index in [9.17, 15) is 13.2 Å². The van der Waals surface area contributed by atoms with Gasteiger partial charge in [0.1, 0.15) is 0 Å². The van der Waals surface area contributed by atoms with E-state index >= 15 is 0 Å². The van der Waals surface area contributed by atoms with Crippen LogP contribution in [0.1, 0.15) is 12.8 Å². The molecule has 168 valence electrons. The Bertz CT molecular complexity index is 1190. The van der Waals surface area contributed by atoms with E-state index in [4.69, 9.17) is 9.47 Å². The van der Waals surface area contributed by atoms with Crippen molar-refractivity contribution in [3.63, 3.8) is 0 Å². The third-order valence-electron chi connectivity index (χ3n) is 5.03. The number of amides is 1. The third kappa shape index (κ3) is 4.93. The molecule has 1 aromatic heterocycles. The number of hydrogen-bond donors (Lipinski definition) is 1. The SMILES string of the molecule is COc1ccccc1OCC(=O)Nc1nc(-c2ccc(S(=O)(=O)N3CCCC3)cc2)cs1. The number of sulfonamides is 1. The lowest BCUT2D eigenvalue weighted by molar-refractivity contribution is -0.118. The Hall–Kier alpha value is -2.95. The lowest BCUT2D eigenvalue weighted by atomic mass is 10.2. The topological polar surface area (TPSA) is 97.8 Å². The predicted molar refractivity (Wildman–Crippen MR) is 123 cm³/mol. The molecule has 0 spiro atoms. The number of ether oxygens (including phenoxy) is 2. The summed E-state index contributed by atoms with van der Waals surface area (Å²) in [6, 6.07) is 13.7. The highest BCUT2D eigenvalue weighted by atomic mass is 32.2. The van der Waals surface area contributed by atoms with E-state index in [1.54, 1.807) is 47.8 Å². The van der Waals surface area contributed by atoms with Crippen LogP contribution in [0.4, 0.5) is 5.13 Å². The van der Waals surface area contributed by atoms with Crippen LogP contribution in [0.15, 0.2) is 58.8 Å². The van der Waals surface area contributed by atoms with Crippen molar-refractivity contribution in [1.29, 1.82) is 0 Å². The zero-order chi connectivity index (χ0) is 22.6. The van der Waals surface area contributed by atoms with Gasteiger partial charge in [0.05, 0.1) is 17.7 Å². The Kier molecular flexibility index (Phi) is 6.73. The van der Waals surface area contributed by atoms with Crippen LogP contribution in [-0.4, -0.2) is 50.4 Å². The molecule has 1 aliphatic heterocycles. The molecule has 0 unspecified atom stereocenters. The minimum Gasteiger partial charge on any atom is -0.493 e. The summed E-state index contributed by atoms with van der Waals surface area (Å²) >= 11 is 1.28. The van der Waals surface area contributed by atoms with Crippen molar-refractivity contribution in [2.75, 3.05) is 32.1 Å². The number of aromatic nitrogens is 1. The van der Waals surface area contributed by atoms with Gasteiger partial charge >= 0.3 is 0 Å². The molecule has 2 heterocycles. The Morgan fingerprint density at radius 1 is 1.09 bits per heavy atom. The second-order valence-corrected chi connectivity index (χ2v) is 9.96. The quantitative estimate of drug-likeness (QED) is 0.537. The standard InChI is InChI=1S/C22H23N3O5S2/c1-29-19-6-2-3-7-20(19)30-14-21(26)24-22-23-18(15-31-22)16-8-10-17(11-9-16)32(27,28)25-12-4-5-13-25/h2-3,6-11,15H,4-5,12-14H2,1H3,(H,23,24,26). The molecule has 1 fully saturated rings. The molecule has 3 aromatic rings. The summed E-state index contributed by atoms with van der Waals surface area (Å²) in [5.41, 5.74) is 1.42. The highest BCUT2D eigenvalue weighted by molar-refractivity contribution is 7.89. The summed E-state index contributed by atoms with van der Waals surface area (Å²) in [4.78, 5) is 16.9. The average Bonchev–Trinajstić information content (AvgIpc) is 3.51. The van der Waals surface area contributed by atoms with Crippen LogP contribution >= 0.6 is 11.3 Å². The monoisotopic (exact) mass is 473 g/mol. The first kappa shape index (κ1) is 22.3. The van der Waals surface area contributed by atoms with Crippen molar-refractivity contribution in [3.8, 4) is 22.8 Å². The molecular formula is C22H23N3O5S2. The van der Waals surface area contributed by atoms with Crippen molar-refractivity contribution in [2.24, 2.45) is 0 Å². The molecule has 1 N–H and O–H groups in total.